The maximum absolute atomic E-state index is 10.7. The molecule has 0 atom stereocenters. The zero-order chi connectivity index (χ0) is 11.1. The molecule has 0 aliphatic carbocycles. The van der Waals surface area contributed by atoms with E-state index >= 15 is 0 Å². The summed E-state index contributed by atoms with van der Waals surface area (Å²) in [4.78, 5) is 0. The van der Waals surface area contributed by atoms with Gasteiger partial charge in [0.15, 0.2) is 0 Å². The third-order valence-electron chi connectivity index (χ3n) is 1.62. The molecular formula is C10H12O4S. The monoisotopic (exact) mass is 228 g/mol. The van der Waals surface area contributed by atoms with Crippen molar-refractivity contribution in [2.24, 2.45) is 0 Å². The molecule has 0 N–H and O–H groups in total. The third kappa shape index (κ3) is 4.73. The molecular weight excluding hydrogens is 216 g/mol. The average molecular weight is 228 g/mol. The van der Waals surface area contributed by atoms with Gasteiger partial charge < -0.3 is 0 Å². The van der Waals surface area contributed by atoms with Crippen LogP contribution in [-0.4, -0.2) is 22.1 Å². The van der Waals surface area contributed by atoms with Crippen molar-refractivity contribution in [1.82, 2.24) is 0 Å². The van der Waals surface area contributed by atoms with E-state index in [4.69, 9.17) is 0 Å². The van der Waals surface area contributed by atoms with Gasteiger partial charge in [0.05, 0.1) is 13.7 Å². The molecule has 0 radical (unpaired) electrons. The van der Waals surface area contributed by atoms with E-state index in [1.807, 2.05) is 30.3 Å². The Bertz CT molecular complexity index is 408. The minimum absolute atomic E-state index is 0.0366. The van der Waals surface area contributed by atoms with Gasteiger partial charge >= 0.3 is 10.4 Å². The molecule has 1 rings (SSSR count). The molecule has 0 saturated carbocycles. The van der Waals surface area contributed by atoms with Gasteiger partial charge in [0.2, 0.25) is 0 Å². The zero-order valence-corrected chi connectivity index (χ0v) is 9.11. The fourth-order valence-corrected chi connectivity index (χ4v) is 1.26. The largest absolute Gasteiger partial charge is 0.399 e. The molecule has 1 aromatic carbocycles. The van der Waals surface area contributed by atoms with Gasteiger partial charge in [-0.1, -0.05) is 42.5 Å². The average Bonchev–Trinajstić information content (AvgIpc) is 2.26. The number of rotatable bonds is 5. The first kappa shape index (κ1) is 11.9. The van der Waals surface area contributed by atoms with Crippen LogP contribution < -0.4 is 0 Å². The van der Waals surface area contributed by atoms with Crippen molar-refractivity contribution in [2.75, 3.05) is 13.7 Å². The van der Waals surface area contributed by atoms with Gasteiger partial charge in [-0.25, -0.2) is 4.18 Å². The van der Waals surface area contributed by atoms with Crippen LogP contribution in [0.4, 0.5) is 0 Å². The Labute approximate surface area is 89.5 Å². The van der Waals surface area contributed by atoms with Crippen molar-refractivity contribution in [3.8, 4) is 0 Å². The maximum Gasteiger partial charge on any atom is 0.399 e. The van der Waals surface area contributed by atoms with Crippen LogP contribution in [0.1, 0.15) is 5.56 Å². The first-order chi connectivity index (χ1) is 7.14. The van der Waals surface area contributed by atoms with Gasteiger partial charge in [0.1, 0.15) is 0 Å². The Balaban J connectivity index is 2.42. The number of hydrogen-bond acceptors (Lipinski definition) is 4. The van der Waals surface area contributed by atoms with E-state index in [1.54, 1.807) is 12.2 Å². The van der Waals surface area contributed by atoms with Crippen LogP contribution in [0.15, 0.2) is 36.4 Å². The lowest BCUT2D eigenvalue weighted by atomic mass is 10.2. The molecule has 0 amide bonds. The van der Waals surface area contributed by atoms with E-state index in [9.17, 15) is 8.42 Å². The maximum atomic E-state index is 10.7. The van der Waals surface area contributed by atoms with E-state index in [0.717, 1.165) is 12.7 Å². The summed E-state index contributed by atoms with van der Waals surface area (Å²) in [6.45, 7) is -0.0366. The SMILES string of the molecule is COS(=O)(=O)OC/C=C/c1ccccc1. The summed E-state index contributed by atoms with van der Waals surface area (Å²) in [7, 11) is -2.77. The van der Waals surface area contributed by atoms with Gasteiger partial charge in [-0.2, -0.15) is 8.42 Å². The lowest BCUT2D eigenvalue weighted by Crippen LogP contribution is -2.06. The minimum Gasteiger partial charge on any atom is -0.252 e. The van der Waals surface area contributed by atoms with Gasteiger partial charge in [0, 0.05) is 0 Å². The quantitative estimate of drug-likeness (QED) is 0.768. The van der Waals surface area contributed by atoms with Crippen molar-refractivity contribution in [1.29, 1.82) is 0 Å². The summed E-state index contributed by atoms with van der Waals surface area (Å²) in [6, 6.07) is 9.50. The minimum atomic E-state index is -3.83. The van der Waals surface area contributed by atoms with Gasteiger partial charge in [0.25, 0.3) is 0 Å². The van der Waals surface area contributed by atoms with E-state index in [0.29, 0.717) is 0 Å². The Morgan fingerprint density at radius 1 is 1.27 bits per heavy atom. The van der Waals surface area contributed by atoms with Crippen molar-refractivity contribution in [3.05, 3.63) is 42.0 Å². The van der Waals surface area contributed by atoms with Gasteiger partial charge in [-0.3, -0.25) is 4.18 Å². The molecule has 1 aromatic rings. The van der Waals surface area contributed by atoms with Gasteiger partial charge in [-0.15, -0.1) is 0 Å². The van der Waals surface area contributed by atoms with Crippen LogP contribution in [0.2, 0.25) is 0 Å². The Morgan fingerprint density at radius 3 is 2.53 bits per heavy atom. The highest BCUT2D eigenvalue weighted by atomic mass is 32.3. The van der Waals surface area contributed by atoms with Crippen LogP contribution >= 0.6 is 0 Å². The van der Waals surface area contributed by atoms with Crippen LogP contribution in [-0.2, 0) is 18.8 Å². The standard InChI is InChI=1S/C10H12O4S/c1-13-15(11,12)14-9-5-8-10-6-3-2-4-7-10/h2-8H,9H2,1H3/b8-5+. The molecule has 0 spiro atoms. The second kappa shape index (κ2) is 5.65. The molecule has 0 unspecified atom stereocenters. The van der Waals surface area contributed by atoms with Crippen molar-refractivity contribution < 1.29 is 16.8 Å². The van der Waals surface area contributed by atoms with Gasteiger partial charge in [-0.05, 0) is 5.56 Å². The highest BCUT2D eigenvalue weighted by Crippen LogP contribution is 2.01. The normalized spacial score (nSPS) is 12.1. The molecule has 0 aromatic heterocycles. The van der Waals surface area contributed by atoms with Crippen molar-refractivity contribution in [3.63, 3.8) is 0 Å². The molecule has 0 heterocycles. The molecule has 4 nitrogen and oxygen atoms in total. The number of benzene rings is 1. The highest BCUT2D eigenvalue weighted by molar-refractivity contribution is 7.81. The Hall–Kier alpha value is -1.17. The lowest BCUT2D eigenvalue weighted by molar-refractivity contribution is 0.265. The first-order valence-electron chi connectivity index (χ1n) is 4.30. The number of hydrogen-bond donors (Lipinski definition) is 0. The summed E-state index contributed by atoms with van der Waals surface area (Å²) in [5.74, 6) is 0. The predicted octanol–water partition coefficient (Wildman–Crippen LogP) is 1.61. The van der Waals surface area contributed by atoms with Crippen molar-refractivity contribution in [2.45, 2.75) is 0 Å². The van der Waals surface area contributed by atoms with E-state index in [2.05, 4.69) is 8.37 Å². The third-order valence-corrected chi connectivity index (χ3v) is 2.46. The van der Waals surface area contributed by atoms with Crippen molar-refractivity contribution >= 4 is 16.5 Å². The first-order valence-corrected chi connectivity index (χ1v) is 5.64. The molecule has 0 fully saturated rings. The topological polar surface area (TPSA) is 52.6 Å². The molecule has 5 heteroatoms. The van der Waals surface area contributed by atoms with E-state index in [1.165, 1.54) is 0 Å². The smallest absolute Gasteiger partial charge is 0.252 e. The second-order valence-electron chi connectivity index (χ2n) is 2.67. The summed E-state index contributed by atoms with van der Waals surface area (Å²) in [6.07, 6.45) is 3.37. The van der Waals surface area contributed by atoms with E-state index in [-0.39, 0.29) is 6.61 Å². The highest BCUT2D eigenvalue weighted by Gasteiger charge is 2.05. The fourth-order valence-electron chi connectivity index (χ4n) is 0.919. The molecule has 82 valence electrons. The Morgan fingerprint density at radius 2 is 1.93 bits per heavy atom. The summed E-state index contributed by atoms with van der Waals surface area (Å²) in [5.41, 5.74) is 0.982. The molecule has 0 aliphatic rings. The van der Waals surface area contributed by atoms with E-state index < -0.39 is 10.4 Å². The Kier molecular flexibility index (Phi) is 4.48. The molecule has 0 aliphatic heterocycles. The predicted molar refractivity (Wildman–Crippen MR) is 57.4 cm³/mol. The van der Waals surface area contributed by atoms with Crippen LogP contribution in [0, 0.1) is 0 Å². The fraction of sp³-hybridized carbons (Fsp3) is 0.200. The molecule has 0 saturated heterocycles. The second-order valence-corrected chi connectivity index (χ2v) is 4.06. The molecule has 0 bridgehead atoms. The van der Waals surface area contributed by atoms with Crippen LogP contribution in [0.5, 0.6) is 0 Å². The lowest BCUT2D eigenvalue weighted by Gasteiger charge is -1.98. The van der Waals surface area contributed by atoms with Crippen LogP contribution in [0.25, 0.3) is 6.08 Å². The summed E-state index contributed by atoms with van der Waals surface area (Å²) < 4.78 is 30.0. The summed E-state index contributed by atoms with van der Waals surface area (Å²) >= 11 is 0. The summed E-state index contributed by atoms with van der Waals surface area (Å²) in [5, 5.41) is 0. The van der Waals surface area contributed by atoms with Crippen LogP contribution in [0.3, 0.4) is 0 Å². The zero-order valence-electron chi connectivity index (χ0n) is 8.29. The molecule has 15 heavy (non-hydrogen) atoms.